The van der Waals surface area contributed by atoms with E-state index in [1.807, 2.05) is 49.4 Å². The van der Waals surface area contributed by atoms with Crippen molar-refractivity contribution in [2.75, 3.05) is 12.0 Å². The van der Waals surface area contributed by atoms with Crippen molar-refractivity contribution in [3.8, 4) is 0 Å². The molecule has 0 bridgehead atoms. The van der Waals surface area contributed by atoms with E-state index in [4.69, 9.17) is 4.42 Å². The predicted octanol–water partition coefficient (Wildman–Crippen LogP) is 2.46. The summed E-state index contributed by atoms with van der Waals surface area (Å²) >= 11 is 0. The van der Waals surface area contributed by atoms with E-state index in [0.717, 1.165) is 17.1 Å². The molecule has 0 amide bonds. The van der Waals surface area contributed by atoms with Gasteiger partial charge in [0.05, 0.1) is 12.3 Å². The molecule has 1 heterocycles. The first-order valence-electron chi connectivity index (χ1n) is 6.45. The van der Waals surface area contributed by atoms with E-state index >= 15 is 0 Å². The first kappa shape index (κ1) is 14.8. The Morgan fingerprint density at radius 3 is 2.40 bits per heavy atom. The Labute approximate surface area is 119 Å². The number of aryl methyl sites for hydroxylation is 1. The Morgan fingerprint density at radius 1 is 1.15 bits per heavy atom. The molecule has 0 saturated carbocycles. The van der Waals surface area contributed by atoms with Crippen LogP contribution in [0.3, 0.4) is 0 Å². The van der Waals surface area contributed by atoms with Gasteiger partial charge in [-0.1, -0.05) is 30.3 Å². The number of hydrogen-bond acceptors (Lipinski definition) is 4. The third kappa shape index (κ3) is 4.51. The fourth-order valence-corrected chi connectivity index (χ4v) is 2.98. The molecule has 0 fully saturated rings. The summed E-state index contributed by atoms with van der Waals surface area (Å²) in [6.45, 7) is 2.39. The highest BCUT2D eigenvalue weighted by molar-refractivity contribution is 7.90. The standard InChI is InChI=1S/C15H19NO3S/c1-12-8-9-14(19-12)10-16-15(11-20(2,17)18)13-6-4-3-5-7-13/h3-9,15-16H,10-11H2,1-2H3/t15-/m0/s1. The molecule has 108 valence electrons. The van der Waals surface area contributed by atoms with Crippen LogP contribution in [0, 0.1) is 6.92 Å². The summed E-state index contributed by atoms with van der Waals surface area (Å²) < 4.78 is 28.6. The summed E-state index contributed by atoms with van der Waals surface area (Å²) in [6, 6.07) is 13.1. The quantitative estimate of drug-likeness (QED) is 0.889. The summed E-state index contributed by atoms with van der Waals surface area (Å²) in [5, 5.41) is 3.25. The molecule has 0 unspecified atom stereocenters. The first-order valence-corrected chi connectivity index (χ1v) is 8.51. The lowest BCUT2D eigenvalue weighted by Gasteiger charge is -2.17. The van der Waals surface area contributed by atoms with Gasteiger partial charge in [0.1, 0.15) is 21.4 Å². The molecule has 20 heavy (non-hydrogen) atoms. The molecule has 4 nitrogen and oxygen atoms in total. The van der Waals surface area contributed by atoms with E-state index in [9.17, 15) is 8.42 Å². The van der Waals surface area contributed by atoms with E-state index < -0.39 is 9.84 Å². The summed E-state index contributed by atoms with van der Waals surface area (Å²) in [7, 11) is -3.06. The Balaban J connectivity index is 2.10. The van der Waals surface area contributed by atoms with Gasteiger partial charge in [0.15, 0.2) is 0 Å². The smallest absolute Gasteiger partial charge is 0.149 e. The topological polar surface area (TPSA) is 59.3 Å². The lowest BCUT2D eigenvalue weighted by molar-refractivity contribution is 0.443. The van der Waals surface area contributed by atoms with Crippen LogP contribution in [0.5, 0.6) is 0 Å². The Morgan fingerprint density at radius 2 is 1.85 bits per heavy atom. The summed E-state index contributed by atoms with van der Waals surface area (Å²) in [5.74, 6) is 1.72. The van der Waals surface area contributed by atoms with Crippen molar-refractivity contribution in [2.24, 2.45) is 0 Å². The zero-order valence-corrected chi connectivity index (χ0v) is 12.5. The minimum atomic E-state index is -3.06. The fourth-order valence-electron chi connectivity index (χ4n) is 2.07. The summed E-state index contributed by atoms with van der Waals surface area (Å²) in [6.07, 6.45) is 1.25. The summed E-state index contributed by atoms with van der Waals surface area (Å²) in [5.41, 5.74) is 0.959. The third-order valence-corrected chi connectivity index (χ3v) is 3.93. The Hall–Kier alpha value is -1.59. The Bertz CT molecular complexity index is 647. The van der Waals surface area contributed by atoms with E-state index in [1.54, 1.807) is 0 Å². The van der Waals surface area contributed by atoms with Crippen LogP contribution >= 0.6 is 0 Å². The van der Waals surface area contributed by atoms with Crippen molar-refractivity contribution in [3.63, 3.8) is 0 Å². The maximum atomic E-state index is 11.6. The third-order valence-electron chi connectivity index (χ3n) is 2.99. The van der Waals surface area contributed by atoms with Crippen molar-refractivity contribution in [1.29, 1.82) is 0 Å². The number of furan rings is 1. The van der Waals surface area contributed by atoms with Gasteiger partial charge in [-0.05, 0) is 24.6 Å². The van der Waals surface area contributed by atoms with E-state index in [1.165, 1.54) is 6.26 Å². The van der Waals surface area contributed by atoms with Crippen LogP contribution < -0.4 is 5.32 Å². The van der Waals surface area contributed by atoms with E-state index in [-0.39, 0.29) is 11.8 Å². The molecule has 1 aromatic carbocycles. The van der Waals surface area contributed by atoms with E-state index in [0.29, 0.717) is 6.54 Å². The van der Waals surface area contributed by atoms with Gasteiger partial charge in [-0.25, -0.2) is 8.42 Å². The average molecular weight is 293 g/mol. The van der Waals surface area contributed by atoms with Crippen molar-refractivity contribution in [2.45, 2.75) is 19.5 Å². The minimum Gasteiger partial charge on any atom is -0.465 e. The summed E-state index contributed by atoms with van der Waals surface area (Å²) in [4.78, 5) is 0. The van der Waals surface area contributed by atoms with Crippen LogP contribution in [-0.2, 0) is 16.4 Å². The van der Waals surface area contributed by atoms with Gasteiger partial charge in [-0.3, -0.25) is 0 Å². The van der Waals surface area contributed by atoms with Gasteiger partial charge in [-0.15, -0.1) is 0 Å². The number of nitrogens with one attached hydrogen (secondary N) is 1. The predicted molar refractivity (Wildman–Crippen MR) is 79.2 cm³/mol. The van der Waals surface area contributed by atoms with Crippen molar-refractivity contribution in [1.82, 2.24) is 5.32 Å². The Kier molecular flexibility index (Phi) is 4.62. The number of rotatable bonds is 6. The molecular weight excluding hydrogens is 274 g/mol. The normalized spacial score (nSPS) is 13.3. The van der Waals surface area contributed by atoms with Gasteiger partial charge in [0.25, 0.3) is 0 Å². The van der Waals surface area contributed by atoms with Crippen LogP contribution in [-0.4, -0.2) is 20.4 Å². The molecule has 0 aliphatic carbocycles. The number of hydrogen-bond donors (Lipinski definition) is 1. The number of benzene rings is 1. The van der Waals surface area contributed by atoms with Gasteiger partial charge in [0, 0.05) is 12.3 Å². The molecule has 0 saturated heterocycles. The van der Waals surface area contributed by atoms with Crippen LogP contribution in [0.1, 0.15) is 23.1 Å². The maximum Gasteiger partial charge on any atom is 0.149 e. The van der Waals surface area contributed by atoms with Gasteiger partial charge in [0.2, 0.25) is 0 Å². The molecule has 0 spiro atoms. The molecule has 1 N–H and O–H groups in total. The highest BCUT2D eigenvalue weighted by Gasteiger charge is 2.17. The van der Waals surface area contributed by atoms with Crippen molar-refractivity contribution in [3.05, 3.63) is 59.5 Å². The molecule has 2 rings (SSSR count). The van der Waals surface area contributed by atoms with Crippen LogP contribution in [0.4, 0.5) is 0 Å². The average Bonchev–Trinajstić information content (AvgIpc) is 2.80. The van der Waals surface area contributed by atoms with Gasteiger partial charge >= 0.3 is 0 Å². The second-order valence-electron chi connectivity index (χ2n) is 4.95. The highest BCUT2D eigenvalue weighted by atomic mass is 32.2. The SMILES string of the molecule is Cc1ccc(CN[C@@H](CS(C)(=O)=O)c2ccccc2)o1. The van der Waals surface area contributed by atoms with Crippen LogP contribution in [0.2, 0.25) is 0 Å². The molecule has 2 aromatic rings. The van der Waals surface area contributed by atoms with Crippen LogP contribution in [0.25, 0.3) is 0 Å². The lowest BCUT2D eigenvalue weighted by atomic mass is 10.1. The molecule has 0 aliphatic rings. The molecular formula is C15H19NO3S. The second-order valence-corrected chi connectivity index (χ2v) is 7.13. The zero-order chi connectivity index (χ0) is 14.6. The molecule has 1 aromatic heterocycles. The fraction of sp³-hybridized carbons (Fsp3) is 0.333. The molecule has 5 heteroatoms. The maximum absolute atomic E-state index is 11.6. The monoisotopic (exact) mass is 293 g/mol. The lowest BCUT2D eigenvalue weighted by Crippen LogP contribution is -2.27. The second kappa shape index (κ2) is 6.24. The minimum absolute atomic E-state index is 0.0662. The van der Waals surface area contributed by atoms with Gasteiger partial charge < -0.3 is 9.73 Å². The largest absolute Gasteiger partial charge is 0.465 e. The zero-order valence-electron chi connectivity index (χ0n) is 11.7. The molecule has 1 atom stereocenters. The number of sulfone groups is 1. The highest BCUT2D eigenvalue weighted by Crippen LogP contribution is 2.16. The first-order chi connectivity index (χ1) is 9.44. The molecule has 0 radical (unpaired) electrons. The van der Waals surface area contributed by atoms with Crippen LogP contribution in [0.15, 0.2) is 46.9 Å². The van der Waals surface area contributed by atoms with Crippen molar-refractivity contribution < 1.29 is 12.8 Å². The molecule has 0 aliphatic heterocycles. The van der Waals surface area contributed by atoms with Gasteiger partial charge in [-0.2, -0.15) is 0 Å². The van der Waals surface area contributed by atoms with Crippen molar-refractivity contribution >= 4 is 9.84 Å². The van der Waals surface area contributed by atoms with E-state index in [2.05, 4.69) is 5.32 Å².